The van der Waals surface area contributed by atoms with Crippen molar-refractivity contribution >= 4 is 10.0 Å². The van der Waals surface area contributed by atoms with Gasteiger partial charge in [-0.3, -0.25) is 0 Å². The third-order valence-electron chi connectivity index (χ3n) is 2.96. The Hall–Kier alpha value is -0.950. The standard InChI is InChI=1S/C14H23NO4S/c1-11(2)8-12-4-6-13(7-5-12)20(18,19)15-14(3,9-16)10-17/h4-7,11,15-17H,8-10H2,1-3H3. The van der Waals surface area contributed by atoms with Gasteiger partial charge in [0.25, 0.3) is 0 Å². The van der Waals surface area contributed by atoms with Crippen LogP contribution in [0.4, 0.5) is 0 Å². The van der Waals surface area contributed by atoms with E-state index in [2.05, 4.69) is 18.6 Å². The summed E-state index contributed by atoms with van der Waals surface area (Å²) in [4.78, 5) is 0.123. The molecule has 0 spiro atoms. The molecule has 0 radical (unpaired) electrons. The van der Waals surface area contributed by atoms with Gasteiger partial charge in [-0.2, -0.15) is 0 Å². The number of benzene rings is 1. The molecule has 0 fully saturated rings. The average Bonchev–Trinajstić information content (AvgIpc) is 2.38. The summed E-state index contributed by atoms with van der Waals surface area (Å²) in [6, 6.07) is 6.64. The normalized spacial score (nSPS) is 12.9. The van der Waals surface area contributed by atoms with Gasteiger partial charge in [-0.15, -0.1) is 0 Å². The number of sulfonamides is 1. The summed E-state index contributed by atoms with van der Waals surface area (Å²) in [7, 11) is -3.76. The van der Waals surface area contributed by atoms with Gasteiger partial charge in [0.2, 0.25) is 10.0 Å². The molecule has 0 aliphatic heterocycles. The van der Waals surface area contributed by atoms with Crippen LogP contribution in [-0.4, -0.2) is 37.4 Å². The molecule has 1 aromatic rings. The van der Waals surface area contributed by atoms with Gasteiger partial charge in [0.05, 0.1) is 23.6 Å². The lowest BCUT2D eigenvalue weighted by molar-refractivity contribution is 0.122. The summed E-state index contributed by atoms with van der Waals surface area (Å²) in [5.41, 5.74) is -0.193. The number of rotatable bonds is 7. The number of hydrogen-bond donors (Lipinski definition) is 3. The first-order valence-electron chi connectivity index (χ1n) is 6.57. The Kier molecular flexibility index (Phi) is 5.70. The van der Waals surface area contributed by atoms with Crippen LogP contribution >= 0.6 is 0 Å². The quantitative estimate of drug-likeness (QED) is 0.698. The highest BCUT2D eigenvalue weighted by Gasteiger charge is 2.29. The summed E-state index contributed by atoms with van der Waals surface area (Å²) in [6.07, 6.45) is 0.888. The summed E-state index contributed by atoms with van der Waals surface area (Å²) < 4.78 is 26.6. The van der Waals surface area contributed by atoms with Crippen LogP contribution in [0.3, 0.4) is 0 Å². The van der Waals surface area contributed by atoms with E-state index in [9.17, 15) is 8.42 Å². The van der Waals surface area contributed by atoms with E-state index in [1.165, 1.54) is 19.1 Å². The molecule has 0 saturated carbocycles. The third-order valence-corrected chi connectivity index (χ3v) is 4.61. The molecule has 1 rings (SSSR count). The topological polar surface area (TPSA) is 86.6 Å². The Balaban J connectivity index is 2.93. The van der Waals surface area contributed by atoms with Gasteiger partial charge in [0, 0.05) is 0 Å². The van der Waals surface area contributed by atoms with E-state index in [0.717, 1.165) is 12.0 Å². The highest BCUT2D eigenvalue weighted by atomic mass is 32.2. The van der Waals surface area contributed by atoms with Crippen LogP contribution in [0.25, 0.3) is 0 Å². The lowest BCUT2D eigenvalue weighted by Crippen LogP contribution is -2.51. The maximum atomic E-state index is 12.2. The van der Waals surface area contributed by atoms with Crippen molar-refractivity contribution in [2.75, 3.05) is 13.2 Å². The van der Waals surface area contributed by atoms with Crippen molar-refractivity contribution in [2.45, 2.75) is 37.6 Å². The second-order valence-corrected chi connectivity index (χ2v) is 7.41. The largest absolute Gasteiger partial charge is 0.394 e. The minimum atomic E-state index is -3.76. The Labute approximate surface area is 120 Å². The predicted octanol–water partition coefficient (Wildman–Crippen LogP) is 0.907. The molecule has 0 bridgehead atoms. The van der Waals surface area contributed by atoms with Gasteiger partial charge in [-0.05, 0) is 37.0 Å². The molecule has 3 N–H and O–H groups in total. The highest BCUT2D eigenvalue weighted by Crippen LogP contribution is 2.15. The fraction of sp³-hybridized carbons (Fsp3) is 0.571. The zero-order valence-corrected chi connectivity index (χ0v) is 12.9. The first-order valence-corrected chi connectivity index (χ1v) is 8.05. The van der Waals surface area contributed by atoms with Crippen LogP contribution in [0.15, 0.2) is 29.2 Å². The van der Waals surface area contributed by atoms with Crippen LogP contribution in [-0.2, 0) is 16.4 Å². The first kappa shape index (κ1) is 17.1. The summed E-state index contributed by atoms with van der Waals surface area (Å²) >= 11 is 0. The van der Waals surface area contributed by atoms with Crippen molar-refractivity contribution in [3.05, 3.63) is 29.8 Å². The highest BCUT2D eigenvalue weighted by molar-refractivity contribution is 7.89. The first-order chi connectivity index (χ1) is 9.22. The zero-order valence-electron chi connectivity index (χ0n) is 12.1. The predicted molar refractivity (Wildman–Crippen MR) is 77.9 cm³/mol. The van der Waals surface area contributed by atoms with Gasteiger partial charge in [0.1, 0.15) is 0 Å². The van der Waals surface area contributed by atoms with Crippen molar-refractivity contribution in [3.8, 4) is 0 Å². The molecule has 1 aromatic carbocycles. The summed E-state index contributed by atoms with van der Waals surface area (Å²) in [6.45, 7) is 4.68. The van der Waals surface area contributed by atoms with Crippen molar-refractivity contribution in [1.29, 1.82) is 0 Å². The fourth-order valence-electron chi connectivity index (χ4n) is 1.77. The van der Waals surface area contributed by atoms with Crippen molar-refractivity contribution in [3.63, 3.8) is 0 Å². The van der Waals surface area contributed by atoms with Gasteiger partial charge >= 0.3 is 0 Å². The molecule has 114 valence electrons. The van der Waals surface area contributed by atoms with E-state index in [4.69, 9.17) is 10.2 Å². The van der Waals surface area contributed by atoms with E-state index in [1.807, 2.05) is 0 Å². The van der Waals surface area contributed by atoms with Crippen LogP contribution in [0, 0.1) is 5.92 Å². The smallest absolute Gasteiger partial charge is 0.241 e. The summed E-state index contributed by atoms with van der Waals surface area (Å²) in [5, 5.41) is 18.3. The number of hydrogen-bond acceptors (Lipinski definition) is 4. The van der Waals surface area contributed by atoms with E-state index < -0.39 is 28.8 Å². The molecule has 6 heteroatoms. The van der Waals surface area contributed by atoms with Gasteiger partial charge < -0.3 is 10.2 Å². The Morgan fingerprint density at radius 2 is 1.65 bits per heavy atom. The van der Waals surface area contributed by atoms with Gasteiger partial charge in [0.15, 0.2) is 0 Å². The minimum Gasteiger partial charge on any atom is -0.394 e. The lowest BCUT2D eigenvalue weighted by Gasteiger charge is -2.25. The fourth-order valence-corrected chi connectivity index (χ4v) is 3.16. The molecule has 0 aliphatic rings. The van der Waals surface area contributed by atoms with Crippen molar-refractivity contribution in [2.24, 2.45) is 5.92 Å². The molecule has 0 aromatic heterocycles. The maximum Gasteiger partial charge on any atom is 0.241 e. The lowest BCUT2D eigenvalue weighted by atomic mass is 10.0. The van der Waals surface area contributed by atoms with Crippen LogP contribution in [0.5, 0.6) is 0 Å². The third kappa shape index (κ3) is 4.56. The van der Waals surface area contributed by atoms with Crippen LogP contribution < -0.4 is 4.72 Å². The molecule has 0 amide bonds. The molecule has 20 heavy (non-hydrogen) atoms. The molecular formula is C14H23NO4S. The summed E-state index contributed by atoms with van der Waals surface area (Å²) in [5.74, 6) is 0.502. The maximum absolute atomic E-state index is 12.2. The zero-order chi connectivity index (χ0) is 15.4. The second-order valence-electron chi connectivity index (χ2n) is 5.72. The van der Waals surface area contributed by atoms with Crippen molar-refractivity contribution in [1.82, 2.24) is 4.72 Å². The molecular weight excluding hydrogens is 278 g/mol. The molecule has 0 heterocycles. The van der Waals surface area contributed by atoms with Crippen molar-refractivity contribution < 1.29 is 18.6 Å². The number of nitrogens with one attached hydrogen (secondary N) is 1. The van der Waals surface area contributed by atoms with E-state index in [1.54, 1.807) is 12.1 Å². The van der Waals surface area contributed by atoms with E-state index in [-0.39, 0.29) is 4.90 Å². The molecule has 5 nitrogen and oxygen atoms in total. The molecule has 0 unspecified atom stereocenters. The van der Waals surface area contributed by atoms with E-state index in [0.29, 0.717) is 5.92 Å². The van der Waals surface area contributed by atoms with E-state index >= 15 is 0 Å². The minimum absolute atomic E-state index is 0.123. The van der Waals surface area contributed by atoms with Gasteiger partial charge in [-0.25, -0.2) is 13.1 Å². The Morgan fingerprint density at radius 1 is 1.15 bits per heavy atom. The SMILES string of the molecule is CC(C)Cc1ccc(S(=O)(=O)NC(C)(CO)CO)cc1. The van der Waals surface area contributed by atoms with Crippen LogP contribution in [0.2, 0.25) is 0 Å². The molecule has 0 aliphatic carbocycles. The van der Waals surface area contributed by atoms with Gasteiger partial charge in [-0.1, -0.05) is 26.0 Å². The van der Waals surface area contributed by atoms with Crippen LogP contribution in [0.1, 0.15) is 26.3 Å². The average molecular weight is 301 g/mol. The number of aliphatic hydroxyl groups excluding tert-OH is 2. The molecule has 0 saturated heterocycles. The Bertz CT molecular complexity index is 519. The second kappa shape index (κ2) is 6.67. The monoisotopic (exact) mass is 301 g/mol. The molecule has 0 atom stereocenters. The Morgan fingerprint density at radius 3 is 2.05 bits per heavy atom. The number of aliphatic hydroxyl groups is 2.